The van der Waals surface area contributed by atoms with E-state index in [-0.39, 0.29) is 0 Å². The molecule has 0 atom stereocenters. The lowest BCUT2D eigenvalue weighted by molar-refractivity contribution is 0.517. The Hall–Kier alpha value is -1.24. The van der Waals surface area contributed by atoms with Crippen LogP contribution in [0, 0.1) is 0 Å². The van der Waals surface area contributed by atoms with E-state index in [0.717, 1.165) is 5.70 Å². The SMILES string of the molecule is CCCCCCCCCCCCCCCCCCCCCCCCCCC=CC1=C(C=CCCCCCCCCCCCCCCCCCCCCCCCCCC)[N]C=C1. The summed E-state index contributed by atoms with van der Waals surface area (Å²) in [6, 6.07) is 0. The van der Waals surface area contributed by atoms with Crippen molar-refractivity contribution in [1.82, 2.24) is 5.32 Å². The number of rotatable bonds is 52. The first-order chi connectivity index (χ1) is 30.4. The van der Waals surface area contributed by atoms with Crippen LogP contribution in [0.3, 0.4) is 0 Å². The fourth-order valence-corrected chi connectivity index (χ4v) is 9.49. The lowest BCUT2D eigenvalue weighted by Crippen LogP contribution is -1.89. The second-order valence-corrected chi connectivity index (χ2v) is 19.9. The summed E-state index contributed by atoms with van der Waals surface area (Å²) in [6.45, 7) is 4.62. The molecule has 0 amide bonds. The van der Waals surface area contributed by atoms with Gasteiger partial charge in [0.05, 0.1) is 5.70 Å². The summed E-state index contributed by atoms with van der Waals surface area (Å²) in [5.41, 5.74) is 2.44. The molecule has 1 heterocycles. The molecule has 1 nitrogen and oxygen atoms in total. The van der Waals surface area contributed by atoms with Gasteiger partial charge in [0.1, 0.15) is 0 Å². The van der Waals surface area contributed by atoms with Crippen molar-refractivity contribution >= 4 is 0 Å². The minimum Gasteiger partial charge on any atom is -0.256 e. The van der Waals surface area contributed by atoms with Crippen LogP contribution in [0.4, 0.5) is 0 Å². The van der Waals surface area contributed by atoms with Crippen molar-refractivity contribution in [3.05, 3.63) is 47.9 Å². The number of hydrogen-bond donors (Lipinski definition) is 0. The van der Waals surface area contributed by atoms with Gasteiger partial charge in [0.25, 0.3) is 0 Å². The molecule has 0 fully saturated rings. The van der Waals surface area contributed by atoms with E-state index in [9.17, 15) is 0 Å². The van der Waals surface area contributed by atoms with Crippen LogP contribution in [0.5, 0.6) is 0 Å². The highest BCUT2D eigenvalue weighted by molar-refractivity contribution is 5.44. The summed E-state index contributed by atoms with van der Waals surface area (Å²) in [5, 5.41) is 4.62. The molecule has 0 saturated carbocycles. The van der Waals surface area contributed by atoms with Gasteiger partial charge in [-0.2, -0.15) is 0 Å². The molecule has 0 aromatic carbocycles. The number of nitrogens with zero attached hydrogens (tertiary/aromatic N) is 1. The minimum atomic E-state index is 1.15. The zero-order valence-corrected chi connectivity index (χ0v) is 42.3. The normalized spacial score (nSPS) is 13.0. The van der Waals surface area contributed by atoms with E-state index in [1.54, 1.807) is 0 Å². The molecule has 357 valence electrons. The van der Waals surface area contributed by atoms with Crippen molar-refractivity contribution in [3.63, 3.8) is 0 Å². The summed E-state index contributed by atoms with van der Waals surface area (Å²) in [4.78, 5) is 0. The Morgan fingerprint density at radius 1 is 0.279 bits per heavy atom. The smallest absolute Gasteiger partial charge is 0.0699 e. The molecule has 1 rings (SSSR count). The van der Waals surface area contributed by atoms with Gasteiger partial charge in [0.2, 0.25) is 0 Å². The van der Waals surface area contributed by atoms with Gasteiger partial charge in [-0.25, -0.2) is 0 Å². The molecular weight excluding hydrogens is 735 g/mol. The Morgan fingerprint density at radius 2 is 0.492 bits per heavy atom. The fourth-order valence-electron chi connectivity index (χ4n) is 9.49. The molecule has 0 aromatic rings. The molecule has 1 aliphatic rings. The molecule has 0 N–H and O–H groups in total. The summed E-state index contributed by atoms with van der Waals surface area (Å²) < 4.78 is 0. The first-order valence-corrected chi connectivity index (χ1v) is 28.8. The second-order valence-electron chi connectivity index (χ2n) is 19.9. The van der Waals surface area contributed by atoms with Gasteiger partial charge in [-0.3, -0.25) is 5.32 Å². The fraction of sp³-hybridized carbons (Fsp3) is 0.867. The predicted molar refractivity (Wildman–Crippen MR) is 279 cm³/mol. The lowest BCUT2D eigenvalue weighted by Gasteiger charge is -2.04. The lowest BCUT2D eigenvalue weighted by atomic mass is 10.0. The minimum absolute atomic E-state index is 1.15. The number of hydrogen-bond acceptors (Lipinski definition) is 0. The summed E-state index contributed by atoms with van der Waals surface area (Å²) in [7, 11) is 0. The maximum atomic E-state index is 4.62. The Bertz CT molecular complexity index is 952. The van der Waals surface area contributed by atoms with Crippen LogP contribution < -0.4 is 5.32 Å². The van der Waals surface area contributed by atoms with Crippen LogP contribution in [0.15, 0.2) is 47.9 Å². The standard InChI is InChI=1S/C60H112N/c1-3-5-7-9-11-13-15-17-19-21-23-25-27-29-31-33-35-37-39-41-43-45-47-49-51-53-55-59-57-58-61-60(59)56-54-52-50-48-46-44-42-40-38-36-34-32-30-28-26-24-22-20-18-16-14-12-10-8-6-4-2/h53-58H,3-52H2,1-2H3. The van der Waals surface area contributed by atoms with Crippen LogP contribution in [0.1, 0.15) is 335 Å². The topological polar surface area (TPSA) is 14.1 Å². The maximum Gasteiger partial charge on any atom is 0.0699 e. The summed E-state index contributed by atoms with van der Waals surface area (Å²) in [5.74, 6) is 0. The maximum absolute atomic E-state index is 4.62. The van der Waals surface area contributed by atoms with Crippen molar-refractivity contribution < 1.29 is 0 Å². The molecule has 1 radical (unpaired) electrons. The van der Waals surface area contributed by atoms with Crippen LogP contribution in [0.2, 0.25) is 0 Å². The third kappa shape index (κ3) is 45.1. The first-order valence-electron chi connectivity index (χ1n) is 28.8. The molecule has 0 bridgehead atoms. The summed E-state index contributed by atoms with van der Waals surface area (Å²) in [6.07, 6.45) is 85.6. The van der Waals surface area contributed by atoms with E-state index in [4.69, 9.17) is 0 Å². The van der Waals surface area contributed by atoms with Gasteiger partial charge in [-0.05, 0) is 37.8 Å². The van der Waals surface area contributed by atoms with Gasteiger partial charge in [-0.15, -0.1) is 0 Å². The van der Waals surface area contributed by atoms with Crippen LogP contribution in [0.25, 0.3) is 0 Å². The highest BCUT2D eigenvalue weighted by Gasteiger charge is 2.04. The van der Waals surface area contributed by atoms with E-state index in [1.165, 1.54) is 327 Å². The second kappa shape index (κ2) is 51.4. The number of allylic oxidation sites excluding steroid dienone is 6. The monoisotopic (exact) mass is 847 g/mol. The quantitative estimate of drug-likeness (QED) is 0.0542. The van der Waals surface area contributed by atoms with E-state index in [2.05, 4.69) is 49.5 Å². The first kappa shape index (κ1) is 57.8. The van der Waals surface area contributed by atoms with Gasteiger partial charge in [-0.1, -0.05) is 327 Å². The third-order valence-corrected chi connectivity index (χ3v) is 13.8. The van der Waals surface area contributed by atoms with Crippen LogP contribution in [-0.4, -0.2) is 0 Å². The van der Waals surface area contributed by atoms with Crippen molar-refractivity contribution in [2.24, 2.45) is 0 Å². The largest absolute Gasteiger partial charge is 0.256 e. The summed E-state index contributed by atoms with van der Waals surface area (Å²) >= 11 is 0. The average Bonchev–Trinajstić information content (AvgIpc) is 3.73. The third-order valence-electron chi connectivity index (χ3n) is 13.8. The van der Waals surface area contributed by atoms with Crippen LogP contribution in [-0.2, 0) is 0 Å². The number of unbranched alkanes of at least 4 members (excludes halogenated alkanes) is 48. The van der Waals surface area contributed by atoms with E-state index in [0.29, 0.717) is 0 Å². The van der Waals surface area contributed by atoms with Gasteiger partial charge in [0, 0.05) is 11.8 Å². The predicted octanol–water partition coefficient (Wildman–Crippen LogP) is 22.0. The van der Waals surface area contributed by atoms with Gasteiger partial charge in [0.15, 0.2) is 0 Å². The molecule has 1 aliphatic heterocycles. The molecule has 1 heteroatoms. The van der Waals surface area contributed by atoms with Crippen molar-refractivity contribution in [3.8, 4) is 0 Å². The Morgan fingerprint density at radius 3 is 0.738 bits per heavy atom. The average molecular weight is 848 g/mol. The molecule has 0 aromatic heterocycles. The molecule has 0 unspecified atom stereocenters. The molecular formula is C60H112N. The van der Waals surface area contributed by atoms with Crippen molar-refractivity contribution in [2.75, 3.05) is 0 Å². The highest BCUT2D eigenvalue weighted by Crippen LogP contribution is 2.20. The van der Waals surface area contributed by atoms with E-state index in [1.807, 2.05) is 6.20 Å². The zero-order chi connectivity index (χ0) is 43.5. The Balaban J connectivity index is 1.79. The highest BCUT2D eigenvalue weighted by atomic mass is 14.9. The van der Waals surface area contributed by atoms with E-state index < -0.39 is 0 Å². The molecule has 61 heavy (non-hydrogen) atoms. The Labute approximate surface area is 386 Å². The van der Waals surface area contributed by atoms with Crippen molar-refractivity contribution in [1.29, 1.82) is 0 Å². The van der Waals surface area contributed by atoms with Gasteiger partial charge >= 0.3 is 0 Å². The molecule has 0 spiro atoms. The van der Waals surface area contributed by atoms with Crippen LogP contribution >= 0.6 is 0 Å². The van der Waals surface area contributed by atoms with E-state index >= 15 is 0 Å². The van der Waals surface area contributed by atoms with Gasteiger partial charge < -0.3 is 0 Å². The Kier molecular flexibility index (Phi) is 48.7. The van der Waals surface area contributed by atoms with Crippen molar-refractivity contribution in [2.45, 2.75) is 335 Å². The molecule has 0 saturated heterocycles. The molecule has 0 aliphatic carbocycles. The zero-order valence-electron chi connectivity index (χ0n) is 42.3.